The summed E-state index contributed by atoms with van der Waals surface area (Å²) in [6, 6.07) is 17.4. The zero-order chi connectivity index (χ0) is 16.5. The molecule has 4 heteroatoms. The Labute approximate surface area is 136 Å². The molecule has 2 aromatic carbocycles. The Kier molecular flexibility index (Phi) is 6.12. The highest BCUT2D eigenvalue weighted by molar-refractivity contribution is 5.83. The number of carbonyl (C=O) groups is 1. The first-order chi connectivity index (χ1) is 11.1. The largest absolute Gasteiger partial charge is 0.481 e. The van der Waals surface area contributed by atoms with E-state index in [2.05, 4.69) is 10.5 Å². The number of nitrogens with zero attached hydrogens (tertiary/aromatic N) is 1. The average molecular weight is 308 g/mol. The van der Waals surface area contributed by atoms with Crippen LogP contribution >= 0.6 is 0 Å². The molecule has 1 N–H and O–H groups in total. The summed E-state index contributed by atoms with van der Waals surface area (Å²) in [4.78, 5) is 11.9. The van der Waals surface area contributed by atoms with Crippen LogP contribution in [0.3, 0.4) is 0 Å². The van der Waals surface area contributed by atoms with Crippen molar-refractivity contribution in [1.29, 1.82) is 0 Å². The lowest BCUT2D eigenvalue weighted by molar-refractivity contribution is -0.127. The number of amides is 1. The SMILES string of the molecule is Cc1ccc(OC(C)C(=O)NN=CC=Cc2ccccc2)cc1. The molecule has 0 radical (unpaired) electrons. The van der Waals surface area contributed by atoms with Crippen molar-refractivity contribution in [1.82, 2.24) is 5.43 Å². The normalized spacial score (nSPS) is 12.4. The number of ether oxygens (including phenoxy) is 1. The van der Waals surface area contributed by atoms with Gasteiger partial charge in [0.05, 0.1) is 0 Å². The Bertz CT molecular complexity index is 676. The Morgan fingerprint density at radius 2 is 1.83 bits per heavy atom. The Balaban J connectivity index is 1.78. The third kappa shape index (κ3) is 5.79. The second kappa shape index (κ2) is 8.54. The van der Waals surface area contributed by atoms with Gasteiger partial charge >= 0.3 is 0 Å². The summed E-state index contributed by atoms with van der Waals surface area (Å²) >= 11 is 0. The number of hydrazone groups is 1. The van der Waals surface area contributed by atoms with Crippen molar-refractivity contribution in [3.05, 3.63) is 71.8 Å². The van der Waals surface area contributed by atoms with Crippen LogP contribution in [-0.4, -0.2) is 18.2 Å². The van der Waals surface area contributed by atoms with Crippen molar-refractivity contribution < 1.29 is 9.53 Å². The highest BCUT2D eigenvalue weighted by Gasteiger charge is 2.13. The molecule has 2 aromatic rings. The van der Waals surface area contributed by atoms with E-state index >= 15 is 0 Å². The summed E-state index contributed by atoms with van der Waals surface area (Å²) in [5.74, 6) is 0.362. The van der Waals surface area contributed by atoms with E-state index in [0.717, 1.165) is 11.1 Å². The molecule has 0 spiro atoms. The van der Waals surface area contributed by atoms with Crippen LogP contribution in [0.5, 0.6) is 5.75 Å². The second-order valence-electron chi connectivity index (χ2n) is 5.10. The first kappa shape index (κ1) is 16.5. The fourth-order valence-electron chi connectivity index (χ4n) is 1.83. The van der Waals surface area contributed by atoms with Crippen molar-refractivity contribution in [2.75, 3.05) is 0 Å². The maximum atomic E-state index is 11.9. The van der Waals surface area contributed by atoms with Gasteiger partial charge in [0.25, 0.3) is 5.91 Å². The lowest BCUT2D eigenvalue weighted by atomic mass is 10.2. The van der Waals surface area contributed by atoms with Crippen molar-refractivity contribution >= 4 is 18.2 Å². The molecule has 0 heterocycles. The summed E-state index contributed by atoms with van der Waals surface area (Å²) in [5.41, 5.74) is 4.67. The molecule has 1 unspecified atom stereocenters. The minimum Gasteiger partial charge on any atom is -0.481 e. The van der Waals surface area contributed by atoms with E-state index in [-0.39, 0.29) is 5.91 Å². The minimum absolute atomic E-state index is 0.296. The predicted molar refractivity (Wildman–Crippen MR) is 93.4 cm³/mol. The third-order valence-electron chi connectivity index (χ3n) is 3.13. The molecular formula is C19H20N2O2. The van der Waals surface area contributed by atoms with Crippen LogP contribution in [0.4, 0.5) is 0 Å². The van der Waals surface area contributed by atoms with Gasteiger partial charge in [0.2, 0.25) is 0 Å². The standard InChI is InChI=1S/C19H20N2O2/c1-15-10-12-18(13-11-15)23-16(2)19(22)21-20-14-6-9-17-7-4-3-5-8-17/h3-14,16H,1-2H3,(H,21,22). The molecule has 0 bridgehead atoms. The Hall–Kier alpha value is -2.88. The lowest BCUT2D eigenvalue weighted by Gasteiger charge is -2.12. The molecule has 1 atom stereocenters. The van der Waals surface area contributed by atoms with Gasteiger partial charge in [-0.15, -0.1) is 0 Å². The summed E-state index contributed by atoms with van der Waals surface area (Å²) < 4.78 is 5.55. The summed E-state index contributed by atoms with van der Waals surface area (Å²) in [6.07, 6.45) is 4.58. The monoisotopic (exact) mass is 308 g/mol. The number of aryl methyl sites for hydroxylation is 1. The first-order valence-corrected chi connectivity index (χ1v) is 7.43. The van der Waals surface area contributed by atoms with Gasteiger partial charge in [-0.3, -0.25) is 4.79 Å². The van der Waals surface area contributed by atoms with Crippen LogP contribution in [0.2, 0.25) is 0 Å². The second-order valence-corrected chi connectivity index (χ2v) is 5.10. The van der Waals surface area contributed by atoms with Crippen molar-refractivity contribution in [3.8, 4) is 5.75 Å². The molecule has 0 aromatic heterocycles. The van der Waals surface area contributed by atoms with Crippen LogP contribution in [0.1, 0.15) is 18.1 Å². The van der Waals surface area contributed by atoms with Crippen molar-refractivity contribution in [2.45, 2.75) is 20.0 Å². The number of hydrogen-bond acceptors (Lipinski definition) is 3. The minimum atomic E-state index is -0.618. The Morgan fingerprint density at radius 1 is 1.13 bits per heavy atom. The predicted octanol–water partition coefficient (Wildman–Crippen LogP) is 3.58. The number of rotatable bonds is 6. The van der Waals surface area contributed by atoms with Gasteiger partial charge in [0, 0.05) is 6.21 Å². The van der Waals surface area contributed by atoms with Gasteiger partial charge in [-0.2, -0.15) is 5.10 Å². The van der Waals surface area contributed by atoms with Gasteiger partial charge in [-0.05, 0) is 37.6 Å². The van der Waals surface area contributed by atoms with Crippen LogP contribution in [0.25, 0.3) is 6.08 Å². The van der Waals surface area contributed by atoms with Crippen LogP contribution in [-0.2, 0) is 4.79 Å². The van der Waals surface area contributed by atoms with Gasteiger partial charge < -0.3 is 4.74 Å². The van der Waals surface area contributed by atoms with Crippen molar-refractivity contribution in [2.24, 2.45) is 5.10 Å². The fourth-order valence-corrected chi connectivity index (χ4v) is 1.83. The van der Waals surface area contributed by atoms with E-state index < -0.39 is 6.10 Å². The van der Waals surface area contributed by atoms with Crippen LogP contribution < -0.4 is 10.2 Å². The number of allylic oxidation sites excluding steroid dienone is 1. The maximum Gasteiger partial charge on any atom is 0.280 e. The molecule has 4 nitrogen and oxygen atoms in total. The maximum absolute atomic E-state index is 11.9. The van der Waals surface area contributed by atoms with E-state index in [1.807, 2.05) is 67.6 Å². The molecule has 118 valence electrons. The molecule has 1 amide bonds. The molecular weight excluding hydrogens is 288 g/mol. The first-order valence-electron chi connectivity index (χ1n) is 7.43. The van der Waals surface area contributed by atoms with Crippen molar-refractivity contribution in [3.63, 3.8) is 0 Å². The molecule has 0 aliphatic heterocycles. The zero-order valence-electron chi connectivity index (χ0n) is 13.3. The summed E-state index contributed by atoms with van der Waals surface area (Å²) in [5, 5.41) is 3.87. The Morgan fingerprint density at radius 3 is 2.52 bits per heavy atom. The van der Waals surface area contributed by atoms with Gasteiger partial charge in [-0.25, -0.2) is 5.43 Å². The number of hydrogen-bond donors (Lipinski definition) is 1. The lowest BCUT2D eigenvalue weighted by Crippen LogP contribution is -2.33. The molecule has 0 aliphatic rings. The molecule has 0 saturated heterocycles. The highest BCUT2D eigenvalue weighted by Crippen LogP contribution is 2.13. The van der Waals surface area contributed by atoms with E-state index in [1.165, 1.54) is 6.21 Å². The molecule has 0 fully saturated rings. The number of benzene rings is 2. The van der Waals surface area contributed by atoms with Crippen LogP contribution in [0.15, 0.2) is 65.8 Å². The summed E-state index contributed by atoms with van der Waals surface area (Å²) in [7, 11) is 0. The van der Waals surface area contributed by atoms with E-state index in [9.17, 15) is 4.79 Å². The molecule has 0 aliphatic carbocycles. The van der Waals surface area contributed by atoms with E-state index in [1.54, 1.807) is 13.0 Å². The van der Waals surface area contributed by atoms with Gasteiger partial charge in [0.1, 0.15) is 5.75 Å². The van der Waals surface area contributed by atoms with E-state index in [4.69, 9.17) is 4.74 Å². The van der Waals surface area contributed by atoms with Gasteiger partial charge in [-0.1, -0.05) is 54.1 Å². The van der Waals surface area contributed by atoms with E-state index in [0.29, 0.717) is 5.75 Å². The molecule has 2 rings (SSSR count). The highest BCUT2D eigenvalue weighted by atomic mass is 16.5. The number of carbonyl (C=O) groups excluding carboxylic acids is 1. The fraction of sp³-hybridized carbons (Fsp3) is 0.158. The smallest absolute Gasteiger partial charge is 0.280 e. The third-order valence-corrected chi connectivity index (χ3v) is 3.13. The topological polar surface area (TPSA) is 50.7 Å². The molecule has 23 heavy (non-hydrogen) atoms. The number of nitrogens with one attached hydrogen (secondary N) is 1. The summed E-state index contributed by atoms with van der Waals surface area (Å²) in [6.45, 7) is 3.68. The average Bonchev–Trinajstić information content (AvgIpc) is 2.57. The van der Waals surface area contributed by atoms with Crippen LogP contribution in [0, 0.1) is 6.92 Å². The molecule has 0 saturated carbocycles. The van der Waals surface area contributed by atoms with Gasteiger partial charge in [0.15, 0.2) is 6.10 Å². The quantitative estimate of drug-likeness (QED) is 0.655. The zero-order valence-corrected chi connectivity index (χ0v) is 13.3.